The van der Waals surface area contributed by atoms with Gasteiger partial charge in [-0.1, -0.05) is 29.8 Å². The number of hydrogen-bond acceptors (Lipinski definition) is 3. The summed E-state index contributed by atoms with van der Waals surface area (Å²) in [5.41, 5.74) is 1.84. The van der Waals surface area contributed by atoms with Crippen LogP contribution in [0.3, 0.4) is 0 Å². The van der Waals surface area contributed by atoms with Gasteiger partial charge in [0.15, 0.2) is 11.5 Å². The topological polar surface area (TPSA) is 47.6 Å². The molecule has 1 aliphatic heterocycles. The van der Waals surface area contributed by atoms with Gasteiger partial charge in [0.1, 0.15) is 0 Å². The first-order valence-corrected chi connectivity index (χ1v) is 7.63. The SMILES string of the molecule is C[C@H](NC(=O)/C=C/c1ccc2c(c1)OCO2)c1cccc(Cl)c1. The van der Waals surface area contributed by atoms with Crippen LogP contribution in [-0.4, -0.2) is 12.7 Å². The van der Waals surface area contributed by atoms with Crippen LogP contribution in [-0.2, 0) is 4.79 Å². The molecule has 4 nitrogen and oxygen atoms in total. The van der Waals surface area contributed by atoms with E-state index in [4.69, 9.17) is 21.1 Å². The summed E-state index contributed by atoms with van der Waals surface area (Å²) >= 11 is 5.96. The van der Waals surface area contributed by atoms with Crippen molar-refractivity contribution in [2.24, 2.45) is 0 Å². The highest BCUT2D eigenvalue weighted by atomic mass is 35.5. The fourth-order valence-corrected chi connectivity index (χ4v) is 2.51. The lowest BCUT2D eigenvalue weighted by atomic mass is 10.1. The third-order valence-electron chi connectivity index (χ3n) is 3.53. The number of carbonyl (C=O) groups is 1. The molecule has 0 aliphatic carbocycles. The van der Waals surface area contributed by atoms with E-state index in [1.54, 1.807) is 12.1 Å². The van der Waals surface area contributed by atoms with Gasteiger partial charge < -0.3 is 14.8 Å². The summed E-state index contributed by atoms with van der Waals surface area (Å²) in [6.45, 7) is 2.15. The quantitative estimate of drug-likeness (QED) is 0.864. The van der Waals surface area contributed by atoms with Gasteiger partial charge in [-0.25, -0.2) is 0 Å². The molecular weight excluding hydrogens is 314 g/mol. The van der Waals surface area contributed by atoms with Crippen LogP contribution in [0.5, 0.6) is 11.5 Å². The number of benzene rings is 2. The van der Waals surface area contributed by atoms with Gasteiger partial charge in [-0.3, -0.25) is 4.79 Å². The minimum absolute atomic E-state index is 0.123. The lowest BCUT2D eigenvalue weighted by Gasteiger charge is -2.13. The molecule has 0 unspecified atom stereocenters. The molecule has 0 saturated heterocycles. The van der Waals surface area contributed by atoms with Crippen molar-refractivity contribution in [1.29, 1.82) is 0 Å². The van der Waals surface area contributed by atoms with E-state index in [0.717, 1.165) is 16.9 Å². The Hall–Kier alpha value is -2.46. The highest BCUT2D eigenvalue weighted by molar-refractivity contribution is 6.30. The third kappa shape index (κ3) is 3.85. The fraction of sp³-hybridized carbons (Fsp3) is 0.167. The van der Waals surface area contributed by atoms with Crippen molar-refractivity contribution in [2.45, 2.75) is 13.0 Å². The monoisotopic (exact) mass is 329 g/mol. The van der Waals surface area contributed by atoms with Gasteiger partial charge in [0.25, 0.3) is 0 Å². The van der Waals surface area contributed by atoms with Gasteiger partial charge >= 0.3 is 0 Å². The molecule has 0 fully saturated rings. The van der Waals surface area contributed by atoms with Crippen LogP contribution in [0.2, 0.25) is 5.02 Å². The fourth-order valence-electron chi connectivity index (χ4n) is 2.31. The van der Waals surface area contributed by atoms with Gasteiger partial charge in [0.05, 0.1) is 6.04 Å². The van der Waals surface area contributed by atoms with E-state index in [2.05, 4.69) is 5.32 Å². The summed E-state index contributed by atoms with van der Waals surface area (Å²) in [6.07, 6.45) is 3.24. The van der Waals surface area contributed by atoms with E-state index in [1.807, 2.05) is 43.3 Å². The second kappa shape index (κ2) is 6.75. The molecule has 0 spiro atoms. The predicted octanol–water partition coefficient (Wildman–Crippen LogP) is 3.96. The van der Waals surface area contributed by atoms with Crippen molar-refractivity contribution in [3.63, 3.8) is 0 Å². The summed E-state index contributed by atoms with van der Waals surface area (Å²) in [5, 5.41) is 3.56. The van der Waals surface area contributed by atoms with Crippen LogP contribution in [0.15, 0.2) is 48.5 Å². The normalized spacial score (nSPS) is 14.0. The maximum atomic E-state index is 12.0. The number of halogens is 1. The minimum atomic E-state index is -0.171. The summed E-state index contributed by atoms with van der Waals surface area (Å²) in [6, 6.07) is 12.9. The molecular formula is C18H16ClNO3. The number of fused-ring (bicyclic) bond motifs is 1. The Balaban J connectivity index is 1.62. The van der Waals surface area contributed by atoms with E-state index in [-0.39, 0.29) is 18.7 Å². The first-order chi connectivity index (χ1) is 11.1. The first-order valence-electron chi connectivity index (χ1n) is 7.25. The smallest absolute Gasteiger partial charge is 0.244 e. The van der Waals surface area contributed by atoms with Gasteiger partial charge in [0, 0.05) is 11.1 Å². The molecule has 2 aromatic rings. The van der Waals surface area contributed by atoms with Crippen molar-refractivity contribution in [2.75, 3.05) is 6.79 Å². The van der Waals surface area contributed by atoms with Gasteiger partial charge in [-0.05, 0) is 48.4 Å². The van der Waals surface area contributed by atoms with Crippen molar-refractivity contribution in [3.8, 4) is 11.5 Å². The molecule has 0 radical (unpaired) electrons. The summed E-state index contributed by atoms with van der Waals surface area (Å²) in [5.74, 6) is 1.25. The molecule has 1 amide bonds. The average molecular weight is 330 g/mol. The zero-order chi connectivity index (χ0) is 16.2. The molecule has 1 atom stereocenters. The Labute approximate surface area is 139 Å². The molecule has 1 N–H and O–H groups in total. The van der Waals surface area contributed by atoms with Crippen LogP contribution in [0.1, 0.15) is 24.1 Å². The van der Waals surface area contributed by atoms with Crippen LogP contribution < -0.4 is 14.8 Å². The van der Waals surface area contributed by atoms with Crippen LogP contribution >= 0.6 is 11.6 Å². The number of hydrogen-bond donors (Lipinski definition) is 1. The lowest BCUT2D eigenvalue weighted by Crippen LogP contribution is -2.24. The van der Waals surface area contributed by atoms with Crippen molar-refractivity contribution < 1.29 is 14.3 Å². The second-order valence-electron chi connectivity index (χ2n) is 5.23. The number of carbonyl (C=O) groups excluding carboxylic acids is 1. The lowest BCUT2D eigenvalue weighted by molar-refractivity contribution is -0.117. The van der Waals surface area contributed by atoms with Crippen LogP contribution in [0, 0.1) is 0 Å². The minimum Gasteiger partial charge on any atom is -0.454 e. The molecule has 0 saturated carbocycles. The Bertz CT molecular complexity index is 758. The van der Waals surface area contributed by atoms with E-state index < -0.39 is 0 Å². The Kier molecular flexibility index (Phi) is 4.53. The zero-order valence-corrected chi connectivity index (χ0v) is 13.3. The maximum Gasteiger partial charge on any atom is 0.244 e. The first kappa shape index (κ1) is 15.4. The summed E-state index contributed by atoms with van der Waals surface area (Å²) < 4.78 is 10.6. The highest BCUT2D eigenvalue weighted by Crippen LogP contribution is 2.32. The standard InChI is InChI=1S/C18H16ClNO3/c1-12(14-3-2-4-15(19)10-14)20-18(21)8-6-13-5-7-16-17(9-13)23-11-22-16/h2-10,12H,11H2,1H3,(H,20,21)/b8-6+/t12-/m0/s1. The predicted molar refractivity (Wildman–Crippen MR) is 89.6 cm³/mol. The number of amides is 1. The average Bonchev–Trinajstić information content (AvgIpc) is 3.00. The van der Waals surface area contributed by atoms with Crippen LogP contribution in [0.25, 0.3) is 6.08 Å². The second-order valence-corrected chi connectivity index (χ2v) is 5.67. The molecule has 0 bridgehead atoms. The van der Waals surface area contributed by atoms with Gasteiger partial charge in [0.2, 0.25) is 12.7 Å². The molecule has 3 rings (SSSR count). The van der Waals surface area contributed by atoms with E-state index in [9.17, 15) is 4.79 Å². The zero-order valence-electron chi connectivity index (χ0n) is 12.6. The van der Waals surface area contributed by atoms with E-state index in [0.29, 0.717) is 10.8 Å². The van der Waals surface area contributed by atoms with E-state index >= 15 is 0 Å². The molecule has 23 heavy (non-hydrogen) atoms. The summed E-state index contributed by atoms with van der Waals surface area (Å²) in [7, 11) is 0. The van der Waals surface area contributed by atoms with Crippen molar-refractivity contribution in [1.82, 2.24) is 5.32 Å². The molecule has 5 heteroatoms. The molecule has 0 aromatic heterocycles. The van der Waals surface area contributed by atoms with E-state index in [1.165, 1.54) is 6.08 Å². The van der Waals surface area contributed by atoms with Crippen molar-refractivity contribution in [3.05, 3.63) is 64.7 Å². The highest BCUT2D eigenvalue weighted by Gasteiger charge is 2.12. The molecule has 118 valence electrons. The maximum absolute atomic E-state index is 12.0. The largest absolute Gasteiger partial charge is 0.454 e. The molecule has 2 aromatic carbocycles. The third-order valence-corrected chi connectivity index (χ3v) is 3.77. The van der Waals surface area contributed by atoms with Crippen LogP contribution in [0.4, 0.5) is 0 Å². The Morgan fingerprint density at radius 3 is 2.87 bits per heavy atom. The summed E-state index contributed by atoms with van der Waals surface area (Å²) in [4.78, 5) is 12.0. The number of ether oxygens (including phenoxy) is 2. The number of rotatable bonds is 4. The number of nitrogens with one attached hydrogen (secondary N) is 1. The van der Waals surface area contributed by atoms with Gasteiger partial charge in [-0.15, -0.1) is 0 Å². The van der Waals surface area contributed by atoms with Crippen molar-refractivity contribution >= 4 is 23.6 Å². The Morgan fingerprint density at radius 2 is 2.04 bits per heavy atom. The molecule has 1 heterocycles. The molecule has 1 aliphatic rings. The van der Waals surface area contributed by atoms with Gasteiger partial charge in [-0.2, -0.15) is 0 Å². The Morgan fingerprint density at radius 1 is 1.22 bits per heavy atom.